The maximum absolute atomic E-state index is 9.25. The van der Waals surface area contributed by atoms with E-state index in [-0.39, 0.29) is 0 Å². The van der Waals surface area contributed by atoms with Crippen LogP contribution < -0.4 is 0 Å². The van der Waals surface area contributed by atoms with Gasteiger partial charge in [-0.05, 0) is 0 Å². The fraction of sp³-hybridized carbons (Fsp3) is 0.250. The van der Waals surface area contributed by atoms with Crippen LogP contribution in [0.3, 0.4) is 0 Å². The molecule has 0 radical (unpaired) electrons. The zero-order chi connectivity index (χ0) is 6.28. The third-order valence-corrected chi connectivity index (χ3v) is 0.175. The van der Waals surface area contributed by atoms with Crippen LogP contribution in [0.1, 0.15) is 0 Å². The van der Waals surface area contributed by atoms with Gasteiger partial charge in [-0.1, -0.05) is 6.58 Å². The van der Waals surface area contributed by atoms with Gasteiger partial charge in [-0.2, -0.15) is 0 Å². The van der Waals surface area contributed by atoms with Gasteiger partial charge in [0.05, 0.1) is 0 Å². The number of carboxylic acids is 1. The van der Waals surface area contributed by atoms with Gasteiger partial charge in [-0.15, -0.1) is 0 Å². The summed E-state index contributed by atoms with van der Waals surface area (Å²) in [6, 6.07) is 0. The van der Waals surface area contributed by atoms with Crippen LogP contribution in [-0.2, 0) is 23.1 Å². The molecule has 2 nitrogen and oxygen atoms in total. The quantitative estimate of drug-likeness (QED) is 0.447. The predicted octanol–water partition coefficient (Wildman–Crippen LogP) is 0.838. The SMILES string of the molecule is C=CC(=O)O.[CH3][Zn]. The van der Waals surface area contributed by atoms with Crippen LogP contribution >= 0.6 is 0 Å². The summed E-state index contributed by atoms with van der Waals surface area (Å²) in [5, 5.41) is 7.60. The summed E-state index contributed by atoms with van der Waals surface area (Å²) in [5.41, 5.74) is 2.12. The molecule has 0 saturated carbocycles. The van der Waals surface area contributed by atoms with Crippen molar-refractivity contribution in [1.29, 1.82) is 0 Å². The van der Waals surface area contributed by atoms with Gasteiger partial charge >= 0.3 is 29.8 Å². The van der Waals surface area contributed by atoms with E-state index in [1.165, 1.54) is 18.3 Å². The Kier molecular flexibility index (Phi) is 13.2. The minimum atomic E-state index is -0.981. The third-order valence-electron chi connectivity index (χ3n) is 0.175. The monoisotopic (exact) mass is 151 g/mol. The summed E-state index contributed by atoms with van der Waals surface area (Å²) >= 11 is 1.38. The van der Waals surface area contributed by atoms with Crippen molar-refractivity contribution in [3.8, 4) is 0 Å². The Morgan fingerprint density at radius 2 is 2.00 bits per heavy atom. The van der Waals surface area contributed by atoms with E-state index in [0.717, 1.165) is 6.08 Å². The van der Waals surface area contributed by atoms with Gasteiger partial charge < -0.3 is 5.11 Å². The van der Waals surface area contributed by atoms with Gasteiger partial charge in [0.25, 0.3) is 0 Å². The molecule has 0 fully saturated rings. The normalized spacial score (nSPS) is 5.57. The number of hydrogen-bond acceptors (Lipinski definition) is 1. The summed E-state index contributed by atoms with van der Waals surface area (Å²) in [7, 11) is 0. The summed E-state index contributed by atoms with van der Waals surface area (Å²) in [5.74, 6) is -0.981. The van der Waals surface area contributed by atoms with Crippen molar-refractivity contribution in [3.05, 3.63) is 12.7 Å². The second-order valence-electron chi connectivity index (χ2n) is 0.542. The van der Waals surface area contributed by atoms with Crippen LogP contribution in [0.15, 0.2) is 12.7 Å². The molecular weight excluding hydrogens is 145 g/mol. The Morgan fingerprint density at radius 1 is 1.86 bits per heavy atom. The van der Waals surface area contributed by atoms with E-state index in [1.54, 1.807) is 0 Å². The van der Waals surface area contributed by atoms with Crippen molar-refractivity contribution >= 4 is 5.97 Å². The van der Waals surface area contributed by atoms with E-state index in [1.807, 2.05) is 0 Å². The first-order chi connectivity index (χ1) is 3.27. The third kappa shape index (κ3) is 25.5. The molecule has 0 atom stereocenters. The molecule has 0 aliphatic carbocycles. The first kappa shape index (κ1) is 9.95. The van der Waals surface area contributed by atoms with Crippen molar-refractivity contribution < 1.29 is 28.2 Å². The first-order valence-corrected chi connectivity index (χ1v) is 4.80. The van der Waals surface area contributed by atoms with Crippen LogP contribution in [0.25, 0.3) is 0 Å². The molecule has 3 heteroatoms. The Hall–Kier alpha value is -0.167. The van der Waals surface area contributed by atoms with Gasteiger partial charge in [0.1, 0.15) is 0 Å². The predicted molar refractivity (Wildman–Crippen MR) is 23.7 cm³/mol. The molecule has 0 rings (SSSR count). The minimum absolute atomic E-state index is 0.833. The number of rotatable bonds is 1. The van der Waals surface area contributed by atoms with E-state index in [4.69, 9.17) is 5.11 Å². The first-order valence-electron chi connectivity index (χ1n) is 1.83. The average molecular weight is 152 g/mol. The molecule has 0 aromatic rings. The van der Waals surface area contributed by atoms with Gasteiger partial charge in [-0.3, -0.25) is 0 Å². The molecule has 1 N–H and O–H groups in total. The molecule has 0 spiro atoms. The molecule has 37 valence electrons. The zero-order valence-corrected chi connectivity index (χ0v) is 7.31. The van der Waals surface area contributed by atoms with Crippen LogP contribution in [0.2, 0.25) is 5.52 Å². The van der Waals surface area contributed by atoms with Gasteiger partial charge in [-0.25, -0.2) is 4.79 Å². The van der Waals surface area contributed by atoms with Crippen LogP contribution in [0, 0.1) is 0 Å². The van der Waals surface area contributed by atoms with Crippen molar-refractivity contribution in [3.63, 3.8) is 0 Å². The Morgan fingerprint density at radius 3 is 2.00 bits per heavy atom. The molecular formula is C4H7O2Zn. The van der Waals surface area contributed by atoms with Gasteiger partial charge in [0, 0.05) is 6.08 Å². The molecule has 7 heavy (non-hydrogen) atoms. The van der Waals surface area contributed by atoms with Gasteiger partial charge in [0.15, 0.2) is 0 Å². The number of carbonyl (C=O) groups is 1. The standard InChI is InChI=1S/C3H4O2.CH3.Zn/c1-2-3(4)5;;/h2H,1H2,(H,4,5);1H3;. The van der Waals surface area contributed by atoms with Crippen molar-refractivity contribution in [2.75, 3.05) is 0 Å². The average Bonchev–Trinajstić information content (AvgIpc) is 1.73. The molecule has 0 bridgehead atoms. The van der Waals surface area contributed by atoms with Crippen molar-refractivity contribution in [2.45, 2.75) is 5.52 Å². The fourth-order valence-electron chi connectivity index (χ4n) is 0. The van der Waals surface area contributed by atoms with E-state index < -0.39 is 5.97 Å². The molecule has 0 unspecified atom stereocenters. The second-order valence-corrected chi connectivity index (χ2v) is 0.542. The second kappa shape index (κ2) is 9.27. The molecule has 0 amide bonds. The number of hydrogen-bond donors (Lipinski definition) is 1. The van der Waals surface area contributed by atoms with Crippen molar-refractivity contribution in [2.24, 2.45) is 0 Å². The number of carboxylic acid groups (broad SMARTS) is 1. The summed E-state index contributed by atoms with van der Waals surface area (Å²) < 4.78 is 0. The van der Waals surface area contributed by atoms with Crippen LogP contribution in [-0.4, -0.2) is 11.1 Å². The molecule has 0 saturated heterocycles. The molecule has 0 aliphatic heterocycles. The Labute approximate surface area is 52.9 Å². The van der Waals surface area contributed by atoms with E-state index in [9.17, 15) is 4.79 Å². The Bertz CT molecular complexity index is 60.7. The summed E-state index contributed by atoms with van der Waals surface area (Å²) in [6.07, 6.45) is 0.833. The Balaban J connectivity index is 0. The topological polar surface area (TPSA) is 37.3 Å². The molecule has 0 aromatic heterocycles. The summed E-state index contributed by atoms with van der Waals surface area (Å²) in [4.78, 5) is 9.25. The van der Waals surface area contributed by atoms with Crippen LogP contribution in [0.5, 0.6) is 0 Å². The van der Waals surface area contributed by atoms with Crippen LogP contribution in [0.4, 0.5) is 0 Å². The summed E-state index contributed by atoms with van der Waals surface area (Å²) in [6.45, 7) is 2.96. The van der Waals surface area contributed by atoms with E-state index in [2.05, 4.69) is 12.1 Å². The fourth-order valence-corrected chi connectivity index (χ4v) is 0. The number of aliphatic carboxylic acids is 1. The van der Waals surface area contributed by atoms with E-state index in [0.29, 0.717) is 0 Å². The maximum atomic E-state index is 9.25. The molecule has 0 aromatic carbocycles. The zero-order valence-electron chi connectivity index (χ0n) is 4.35. The molecule has 0 heterocycles. The molecule has 0 aliphatic rings. The van der Waals surface area contributed by atoms with Crippen molar-refractivity contribution in [1.82, 2.24) is 0 Å². The van der Waals surface area contributed by atoms with Gasteiger partial charge in [0.2, 0.25) is 0 Å². The van der Waals surface area contributed by atoms with E-state index >= 15 is 0 Å².